The fourth-order valence-corrected chi connectivity index (χ4v) is 4.07. The van der Waals surface area contributed by atoms with Gasteiger partial charge in [0.15, 0.2) is 0 Å². The minimum atomic E-state index is -0.502. The zero-order valence-corrected chi connectivity index (χ0v) is 19.2. The molecule has 34 heavy (non-hydrogen) atoms. The minimum absolute atomic E-state index is 0.0893. The molecule has 7 heteroatoms. The molecule has 0 saturated carbocycles. The number of methoxy groups -OCH3 is 1. The standard InChI is InChI=1S/C27H27N3O4/c1-18-8-7-10-21(14-18)30-17-20(15-25(30)31)26(32)29-23-12-5-4-11-22(23)27(33)28-16-19-9-3-6-13-24(19)34-2/h3-14,20H,15-17H2,1-2H3,(H,28,33)(H,29,32)/t20-/m1/s1. The van der Waals surface area contributed by atoms with Crippen molar-refractivity contribution in [3.05, 3.63) is 89.5 Å². The van der Waals surface area contributed by atoms with E-state index in [2.05, 4.69) is 10.6 Å². The molecule has 1 aliphatic rings. The highest BCUT2D eigenvalue weighted by Gasteiger charge is 2.35. The Bertz CT molecular complexity index is 1220. The van der Waals surface area contributed by atoms with E-state index in [9.17, 15) is 14.4 Å². The highest BCUT2D eigenvalue weighted by molar-refractivity contribution is 6.07. The molecule has 0 bridgehead atoms. The summed E-state index contributed by atoms with van der Waals surface area (Å²) < 4.78 is 5.33. The van der Waals surface area contributed by atoms with E-state index in [0.717, 1.165) is 16.8 Å². The van der Waals surface area contributed by atoms with Crippen molar-refractivity contribution in [2.24, 2.45) is 5.92 Å². The fraction of sp³-hybridized carbons (Fsp3) is 0.222. The summed E-state index contributed by atoms with van der Waals surface area (Å²) in [6, 6.07) is 21.9. The molecule has 0 radical (unpaired) electrons. The van der Waals surface area contributed by atoms with E-state index in [-0.39, 0.29) is 30.7 Å². The van der Waals surface area contributed by atoms with Gasteiger partial charge in [0, 0.05) is 30.8 Å². The number of hydrogen-bond donors (Lipinski definition) is 2. The highest BCUT2D eigenvalue weighted by atomic mass is 16.5. The van der Waals surface area contributed by atoms with E-state index in [1.807, 2.05) is 55.5 Å². The molecule has 174 valence electrons. The van der Waals surface area contributed by atoms with Gasteiger partial charge in [-0.15, -0.1) is 0 Å². The van der Waals surface area contributed by atoms with Crippen LogP contribution in [0.15, 0.2) is 72.8 Å². The smallest absolute Gasteiger partial charge is 0.253 e. The van der Waals surface area contributed by atoms with Crippen molar-refractivity contribution in [3.63, 3.8) is 0 Å². The Labute approximate surface area is 198 Å². The van der Waals surface area contributed by atoms with Crippen molar-refractivity contribution in [2.45, 2.75) is 19.9 Å². The molecule has 0 unspecified atom stereocenters. The third kappa shape index (κ3) is 5.09. The Kier molecular flexibility index (Phi) is 6.92. The average Bonchev–Trinajstić information content (AvgIpc) is 3.25. The van der Waals surface area contributed by atoms with Gasteiger partial charge in [-0.3, -0.25) is 14.4 Å². The molecule has 0 aromatic heterocycles. The number of nitrogens with one attached hydrogen (secondary N) is 2. The van der Waals surface area contributed by atoms with Crippen molar-refractivity contribution in [1.82, 2.24) is 5.32 Å². The molecule has 1 saturated heterocycles. The molecule has 7 nitrogen and oxygen atoms in total. The van der Waals surface area contributed by atoms with Crippen LogP contribution in [0.25, 0.3) is 0 Å². The van der Waals surface area contributed by atoms with Crippen molar-refractivity contribution >= 4 is 29.1 Å². The fourth-order valence-electron chi connectivity index (χ4n) is 4.07. The lowest BCUT2D eigenvalue weighted by Crippen LogP contribution is -2.29. The molecule has 1 atom stereocenters. The zero-order chi connectivity index (χ0) is 24.1. The van der Waals surface area contributed by atoms with Gasteiger partial charge >= 0.3 is 0 Å². The predicted molar refractivity (Wildman–Crippen MR) is 131 cm³/mol. The van der Waals surface area contributed by atoms with Crippen molar-refractivity contribution in [1.29, 1.82) is 0 Å². The second-order valence-electron chi connectivity index (χ2n) is 8.27. The topological polar surface area (TPSA) is 87.7 Å². The van der Waals surface area contributed by atoms with Gasteiger partial charge in [0.1, 0.15) is 5.75 Å². The van der Waals surface area contributed by atoms with Crippen LogP contribution < -0.4 is 20.3 Å². The van der Waals surface area contributed by atoms with E-state index in [0.29, 0.717) is 23.5 Å². The maximum atomic E-state index is 13.0. The zero-order valence-electron chi connectivity index (χ0n) is 19.2. The Balaban J connectivity index is 1.43. The number of para-hydroxylation sites is 2. The van der Waals surface area contributed by atoms with Crippen molar-refractivity contribution in [2.75, 3.05) is 23.9 Å². The first-order valence-electron chi connectivity index (χ1n) is 11.1. The molecule has 4 rings (SSSR count). The second kappa shape index (κ2) is 10.2. The maximum absolute atomic E-state index is 13.0. The Morgan fingerprint density at radius 3 is 2.59 bits per heavy atom. The molecule has 0 aliphatic carbocycles. The normalized spacial score (nSPS) is 15.2. The van der Waals surface area contributed by atoms with E-state index in [1.165, 1.54) is 0 Å². The molecule has 1 heterocycles. The summed E-state index contributed by atoms with van der Waals surface area (Å²) in [7, 11) is 1.58. The van der Waals surface area contributed by atoms with E-state index in [4.69, 9.17) is 4.74 Å². The van der Waals surface area contributed by atoms with Gasteiger partial charge in [0.05, 0.1) is 24.3 Å². The summed E-state index contributed by atoms with van der Waals surface area (Å²) in [5.41, 5.74) is 3.44. The van der Waals surface area contributed by atoms with Crippen LogP contribution in [0.3, 0.4) is 0 Å². The summed E-state index contributed by atoms with van der Waals surface area (Å²) in [6.45, 7) is 2.55. The lowest BCUT2D eigenvalue weighted by molar-refractivity contribution is -0.122. The van der Waals surface area contributed by atoms with Crippen LogP contribution in [-0.2, 0) is 16.1 Å². The number of nitrogens with zero attached hydrogens (tertiary/aromatic N) is 1. The summed E-state index contributed by atoms with van der Waals surface area (Å²) in [5, 5.41) is 5.74. The van der Waals surface area contributed by atoms with E-state index >= 15 is 0 Å². The molecular formula is C27H27N3O4. The summed E-state index contributed by atoms with van der Waals surface area (Å²) in [6.07, 6.45) is 0.127. The number of benzene rings is 3. The van der Waals surface area contributed by atoms with Crippen LogP contribution in [-0.4, -0.2) is 31.4 Å². The van der Waals surface area contributed by atoms with Crippen LogP contribution in [0.1, 0.15) is 27.9 Å². The van der Waals surface area contributed by atoms with Gasteiger partial charge in [0.25, 0.3) is 5.91 Å². The number of amides is 3. The van der Waals surface area contributed by atoms with Crippen LogP contribution >= 0.6 is 0 Å². The SMILES string of the molecule is COc1ccccc1CNC(=O)c1ccccc1NC(=O)[C@@H]1CC(=O)N(c2cccc(C)c2)C1. The predicted octanol–water partition coefficient (Wildman–Crippen LogP) is 3.93. The van der Waals surface area contributed by atoms with Crippen molar-refractivity contribution in [3.8, 4) is 5.75 Å². The highest BCUT2D eigenvalue weighted by Crippen LogP contribution is 2.27. The Hall–Kier alpha value is -4.13. The number of carbonyl (C=O) groups is 3. The average molecular weight is 458 g/mol. The van der Waals surface area contributed by atoms with Gasteiger partial charge in [-0.05, 0) is 42.8 Å². The molecule has 0 spiro atoms. The molecule has 2 N–H and O–H groups in total. The first kappa shape index (κ1) is 23.0. The van der Waals surface area contributed by atoms with Crippen LogP contribution in [0.5, 0.6) is 5.75 Å². The van der Waals surface area contributed by atoms with Gasteiger partial charge in [0.2, 0.25) is 11.8 Å². The Morgan fingerprint density at radius 2 is 1.79 bits per heavy atom. The molecular weight excluding hydrogens is 430 g/mol. The monoisotopic (exact) mass is 457 g/mol. The van der Waals surface area contributed by atoms with Crippen LogP contribution in [0.4, 0.5) is 11.4 Å². The molecule has 3 aromatic carbocycles. The van der Waals surface area contributed by atoms with Gasteiger partial charge in [-0.2, -0.15) is 0 Å². The lowest BCUT2D eigenvalue weighted by Gasteiger charge is -2.18. The number of anilines is 2. The number of hydrogen-bond acceptors (Lipinski definition) is 4. The Morgan fingerprint density at radius 1 is 1.03 bits per heavy atom. The molecule has 1 aliphatic heterocycles. The van der Waals surface area contributed by atoms with E-state index in [1.54, 1.807) is 36.3 Å². The van der Waals surface area contributed by atoms with Crippen LogP contribution in [0.2, 0.25) is 0 Å². The van der Waals surface area contributed by atoms with Crippen molar-refractivity contribution < 1.29 is 19.1 Å². The third-order valence-corrected chi connectivity index (χ3v) is 5.87. The first-order chi connectivity index (χ1) is 16.5. The third-order valence-electron chi connectivity index (χ3n) is 5.87. The summed E-state index contributed by atoms with van der Waals surface area (Å²) >= 11 is 0. The number of carbonyl (C=O) groups excluding carboxylic acids is 3. The van der Waals surface area contributed by atoms with Gasteiger partial charge in [-0.25, -0.2) is 0 Å². The summed E-state index contributed by atoms with van der Waals surface area (Å²) in [5.74, 6) is -0.501. The molecule has 1 fully saturated rings. The summed E-state index contributed by atoms with van der Waals surface area (Å²) in [4.78, 5) is 40.1. The minimum Gasteiger partial charge on any atom is -0.496 e. The molecule has 3 amide bonds. The quantitative estimate of drug-likeness (QED) is 0.563. The number of rotatable bonds is 7. The van der Waals surface area contributed by atoms with E-state index < -0.39 is 5.92 Å². The number of aryl methyl sites for hydroxylation is 1. The van der Waals surface area contributed by atoms with Gasteiger partial charge in [-0.1, -0.05) is 42.5 Å². The second-order valence-corrected chi connectivity index (χ2v) is 8.27. The van der Waals surface area contributed by atoms with Gasteiger partial charge < -0.3 is 20.3 Å². The number of ether oxygens (including phenoxy) is 1. The van der Waals surface area contributed by atoms with Crippen LogP contribution in [0, 0.1) is 12.8 Å². The lowest BCUT2D eigenvalue weighted by atomic mass is 10.1. The largest absolute Gasteiger partial charge is 0.496 e. The maximum Gasteiger partial charge on any atom is 0.253 e. The first-order valence-corrected chi connectivity index (χ1v) is 11.1. The molecule has 3 aromatic rings.